The lowest BCUT2D eigenvalue weighted by molar-refractivity contribution is 0.228. The van der Waals surface area contributed by atoms with Crippen molar-refractivity contribution in [3.63, 3.8) is 0 Å². The van der Waals surface area contributed by atoms with Gasteiger partial charge in [0.1, 0.15) is 0 Å². The fraction of sp³-hybridized carbons (Fsp3) is 0.647. The van der Waals surface area contributed by atoms with Gasteiger partial charge in [-0.3, -0.25) is 0 Å². The van der Waals surface area contributed by atoms with E-state index in [0.29, 0.717) is 10.2 Å². The van der Waals surface area contributed by atoms with Gasteiger partial charge in [-0.1, -0.05) is 73.0 Å². The molecule has 0 heterocycles. The third kappa shape index (κ3) is 3.38. The molecular weight excluding hydrogens is 284 g/mol. The van der Waals surface area contributed by atoms with Crippen LogP contribution in [0.3, 0.4) is 0 Å². The van der Waals surface area contributed by atoms with E-state index < -0.39 is 0 Å². The predicted octanol–water partition coefficient (Wildman–Crippen LogP) is 5.60. The second kappa shape index (κ2) is 6.23. The highest BCUT2D eigenvalue weighted by Gasteiger charge is 2.40. The fourth-order valence-corrected chi connectivity index (χ4v) is 4.59. The molecule has 0 N–H and O–H groups in total. The summed E-state index contributed by atoms with van der Waals surface area (Å²) in [5.74, 6) is 0.805. The molecule has 100 valence electrons. The molecule has 0 aliphatic heterocycles. The summed E-state index contributed by atoms with van der Waals surface area (Å²) >= 11 is 4.03. The summed E-state index contributed by atoms with van der Waals surface area (Å²) in [6, 6.07) is 10.9. The van der Waals surface area contributed by atoms with E-state index in [0.717, 1.165) is 5.92 Å². The van der Waals surface area contributed by atoms with Gasteiger partial charge in [-0.25, -0.2) is 0 Å². The first-order chi connectivity index (χ1) is 8.62. The Bertz CT molecular complexity index is 349. The van der Waals surface area contributed by atoms with Crippen LogP contribution in [-0.4, -0.2) is 4.83 Å². The highest BCUT2D eigenvalue weighted by Crippen LogP contribution is 2.49. The van der Waals surface area contributed by atoms with Gasteiger partial charge in [0, 0.05) is 4.83 Å². The van der Waals surface area contributed by atoms with E-state index in [4.69, 9.17) is 0 Å². The lowest BCUT2D eigenvalue weighted by Crippen LogP contribution is -2.31. The Hall–Kier alpha value is -0.300. The van der Waals surface area contributed by atoms with E-state index in [1.165, 1.54) is 44.1 Å². The van der Waals surface area contributed by atoms with Crippen LogP contribution in [0.15, 0.2) is 30.3 Å². The van der Waals surface area contributed by atoms with Gasteiger partial charge >= 0.3 is 0 Å². The van der Waals surface area contributed by atoms with E-state index in [9.17, 15) is 0 Å². The zero-order valence-electron chi connectivity index (χ0n) is 11.7. The van der Waals surface area contributed by atoms with E-state index in [1.807, 2.05) is 0 Å². The Balaban J connectivity index is 2.06. The molecule has 1 fully saturated rings. The largest absolute Gasteiger partial charge is 0.0881 e. The van der Waals surface area contributed by atoms with Crippen molar-refractivity contribution >= 4 is 15.9 Å². The molecule has 0 nitrogen and oxygen atoms in total. The van der Waals surface area contributed by atoms with Gasteiger partial charge < -0.3 is 0 Å². The van der Waals surface area contributed by atoms with Crippen molar-refractivity contribution in [2.75, 3.05) is 0 Å². The van der Waals surface area contributed by atoms with E-state index >= 15 is 0 Å². The summed E-state index contributed by atoms with van der Waals surface area (Å²) in [7, 11) is 0. The van der Waals surface area contributed by atoms with E-state index in [2.05, 4.69) is 60.1 Å². The van der Waals surface area contributed by atoms with Crippen LogP contribution in [0.25, 0.3) is 0 Å². The molecule has 0 aromatic heterocycles. The summed E-state index contributed by atoms with van der Waals surface area (Å²) in [5.41, 5.74) is 2.01. The van der Waals surface area contributed by atoms with Crippen LogP contribution in [0.2, 0.25) is 0 Å². The average Bonchev–Trinajstić information content (AvgIpc) is 2.79. The van der Waals surface area contributed by atoms with Crippen LogP contribution < -0.4 is 0 Å². The minimum Gasteiger partial charge on any atom is -0.0881 e. The quantitative estimate of drug-likeness (QED) is 0.621. The van der Waals surface area contributed by atoms with Gasteiger partial charge in [0.05, 0.1) is 0 Å². The molecule has 0 spiro atoms. The minimum atomic E-state index is 0.546. The minimum absolute atomic E-state index is 0.546. The lowest BCUT2D eigenvalue weighted by Gasteiger charge is -2.36. The Morgan fingerprint density at radius 1 is 1.11 bits per heavy atom. The summed E-state index contributed by atoms with van der Waals surface area (Å²) in [6.45, 7) is 4.73. The average molecular weight is 309 g/mol. The van der Waals surface area contributed by atoms with Crippen molar-refractivity contribution in [2.24, 2.45) is 11.3 Å². The maximum Gasteiger partial charge on any atom is 0.0242 e. The van der Waals surface area contributed by atoms with Gasteiger partial charge in [-0.05, 0) is 42.6 Å². The first-order valence-corrected chi connectivity index (χ1v) is 8.22. The summed E-state index contributed by atoms with van der Waals surface area (Å²) in [6.07, 6.45) is 8.21. The standard InChI is InChI=1S/C17H25Br/c1-14(2)13-17(10-6-7-11-17)16(18)12-15-8-4-3-5-9-15/h3-5,8-9,14,16H,6-7,10-13H2,1-2H3. The van der Waals surface area contributed by atoms with E-state index in [-0.39, 0.29) is 0 Å². The Morgan fingerprint density at radius 3 is 2.28 bits per heavy atom. The van der Waals surface area contributed by atoms with Crippen molar-refractivity contribution in [1.29, 1.82) is 0 Å². The Morgan fingerprint density at radius 2 is 1.72 bits per heavy atom. The molecule has 0 amide bonds. The number of rotatable bonds is 5. The zero-order valence-corrected chi connectivity index (χ0v) is 13.2. The third-order valence-corrected chi connectivity index (χ3v) is 5.63. The van der Waals surface area contributed by atoms with Crippen molar-refractivity contribution in [1.82, 2.24) is 0 Å². The molecule has 0 bridgehead atoms. The molecule has 1 unspecified atom stereocenters. The normalized spacial score (nSPS) is 20.2. The molecule has 1 aliphatic rings. The molecule has 2 rings (SSSR count). The van der Waals surface area contributed by atoms with E-state index in [1.54, 1.807) is 0 Å². The third-order valence-electron chi connectivity index (χ3n) is 4.34. The number of hydrogen-bond acceptors (Lipinski definition) is 0. The fourth-order valence-electron chi connectivity index (χ4n) is 3.57. The molecule has 1 aromatic rings. The van der Waals surface area contributed by atoms with Crippen LogP contribution in [0, 0.1) is 11.3 Å². The molecule has 1 aromatic carbocycles. The zero-order chi connectivity index (χ0) is 13.0. The van der Waals surface area contributed by atoms with Gasteiger partial charge in [0.2, 0.25) is 0 Å². The van der Waals surface area contributed by atoms with Gasteiger partial charge in [-0.2, -0.15) is 0 Å². The first kappa shape index (κ1) is 14.1. The highest BCUT2D eigenvalue weighted by molar-refractivity contribution is 9.09. The molecule has 0 radical (unpaired) electrons. The molecule has 1 aliphatic carbocycles. The van der Waals surface area contributed by atoms with Crippen LogP contribution in [0.5, 0.6) is 0 Å². The summed E-state index contributed by atoms with van der Waals surface area (Å²) < 4.78 is 0. The van der Waals surface area contributed by atoms with Gasteiger partial charge in [-0.15, -0.1) is 0 Å². The van der Waals surface area contributed by atoms with Gasteiger partial charge in [0.15, 0.2) is 0 Å². The summed E-state index contributed by atoms with van der Waals surface area (Å²) in [5, 5.41) is 0. The molecule has 1 saturated carbocycles. The highest BCUT2D eigenvalue weighted by atomic mass is 79.9. The van der Waals surface area contributed by atoms with Crippen LogP contribution in [0.1, 0.15) is 51.5 Å². The molecule has 18 heavy (non-hydrogen) atoms. The molecule has 0 saturated heterocycles. The molecular formula is C17H25Br. The van der Waals surface area contributed by atoms with Gasteiger partial charge in [0.25, 0.3) is 0 Å². The smallest absolute Gasteiger partial charge is 0.0242 e. The van der Waals surface area contributed by atoms with Crippen LogP contribution >= 0.6 is 15.9 Å². The predicted molar refractivity (Wildman–Crippen MR) is 83.2 cm³/mol. The summed E-state index contributed by atoms with van der Waals surface area (Å²) in [4.78, 5) is 0.636. The maximum atomic E-state index is 4.03. The monoisotopic (exact) mass is 308 g/mol. The number of halogens is 1. The molecule has 1 atom stereocenters. The number of alkyl halides is 1. The van der Waals surface area contributed by atoms with Crippen molar-refractivity contribution in [3.05, 3.63) is 35.9 Å². The number of benzene rings is 1. The second-order valence-corrected chi connectivity index (χ2v) is 7.43. The maximum absolute atomic E-state index is 4.03. The lowest BCUT2D eigenvalue weighted by atomic mass is 9.74. The topological polar surface area (TPSA) is 0 Å². The Kier molecular flexibility index (Phi) is 4.89. The SMILES string of the molecule is CC(C)CC1(C(Br)Cc2ccccc2)CCCC1. The molecule has 1 heteroatoms. The van der Waals surface area contributed by atoms with Crippen molar-refractivity contribution in [3.8, 4) is 0 Å². The number of hydrogen-bond donors (Lipinski definition) is 0. The van der Waals surface area contributed by atoms with Crippen LogP contribution in [-0.2, 0) is 6.42 Å². The first-order valence-electron chi connectivity index (χ1n) is 7.30. The van der Waals surface area contributed by atoms with Crippen molar-refractivity contribution in [2.45, 2.75) is 57.2 Å². The Labute approximate surface area is 120 Å². The second-order valence-electron chi connectivity index (χ2n) is 6.32. The van der Waals surface area contributed by atoms with Crippen molar-refractivity contribution < 1.29 is 0 Å². The van der Waals surface area contributed by atoms with Crippen LogP contribution in [0.4, 0.5) is 0 Å².